The Hall–Kier alpha value is -3.19. The van der Waals surface area contributed by atoms with Gasteiger partial charge >= 0.3 is 11.9 Å². The standard InChI is InChI=1S/C12H16N2O2S2.C10H10N2OS2.C6H8N2.C5H9BrO2.CS2/c1-3-16-11(15)9(2)18-12(17)14-13-10-7-5-4-6-8-10;1-7-9(13)12(11-10(14)15-7)8-5-3-2-4-6-8;7-8-6-4-2-1-3-5-6;1-3-8-5(7)4(2)6;2-1-3/h4-9,13H,3H2,1-2H3,(H,14,17);2-7H,1H3,(H,11,14);1-5,8H,7H2;4H,3H2,1-2H3;. The maximum Gasteiger partial charge on any atom is 0.319 e. The Morgan fingerprint density at radius 2 is 1.40 bits per heavy atom. The van der Waals surface area contributed by atoms with E-state index in [0.717, 1.165) is 17.1 Å². The SMILES string of the molecule is CC1SC(=S)NN(c2ccccc2)C1=O.CCOC(=O)C(C)Br.CCOC(=O)C(C)SC(=S)NNc1ccccc1.NNc1ccccc1.S=C=S. The molecule has 6 N–H and O–H groups in total. The molecule has 4 rings (SSSR count). The molecule has 0 saturated carbocycles. The molecule has 18 heteroatoms. The van der Waals surface area contributed by atoms with Gasteiger partial charge in [0, 0.05) is 10.0 Å². The molecule has 3 atom stereocenters. The van der Waals surface area contributed by atoms with Crippen molar-refractivity contribution in [1.29, 1.82) is 0 Å². The van der Waals surface area contributed by atoms with Crippen LogP contribution in [0, 0.1) is 0 Å². The Bertz CT molecular complexity index is 1530. The van der Waals surface area contributed by atoms with E-state index < -0.39 is 0 Å². The van der Waals surface area contributed by atoms with Crippen molar-refractivity contribution in [3.8, 4) is 0 Å². The number of hydrogen-bond donors (Lipinski definition) is 5. The zero-order valence-electron chi connectivity index (χ0n) is 29.2. The van der Waals surface area contributed by atoms with Crippen LogP contribution in [-0.4, -0.2) is 59.3 Å². The zero-order chi connectivity index (χ0) is 39.3. The summed E-state index contributed by atoms with van der Waals surface area (Å²) in [5.41, 5.74) is 13.9. The Balaban J connectivity index is 0.000000685. The first kappa shape index (κ1) is 48.8. The normalized spacial score (nSPS) is 13.6. The number of para-hydroxylation sites is 3. The van der Waals surface area contributed by atoms with Gasteiger partial charge in [0.2, 0.25) is 0 Å². The van der Waals surface area contributed by atoms with Crippen molar-refractivity contribution < 1.29 is 23.9 Å². The number of amides is 1. The van der Waals surface area contributed by atoms with Gasteiger partial charge in [-0.25, -0.2) is 5.01 Å². The van der Waals surface area contributed by atoms with E-state index in [1.807, 2.05) is 102 Å². The van der Waals surface area contributed by atoms with Crippen molar-refractivity contribution in [2.24, 2.45) is 5.84 Å². The van der Waals surface area contributed by atoms with E-state index in [-0.39, 0.29) is 33.2 Å². The number of carbonyl (C=O) groups excluding carboxylic acids is 3. The molecule has 3 aromatic carbocycles. The average Bonchev–Trinajstić information content (AvgIpc) is 3.14. The van der Waals surface area contributed by atoms with Crippen molar-refractivity contribution >= 4 is 136 Å². The Kier molecular flexibility index (Phi) is 28.4. The van der Waals surface area contributed by atoms with Crippen LogP contribution in [0.15, 0.2) is 91.0 Å². The number of thioether (sulfide) groups is 2. The monoisotopic (exact) mass is 886 g/mol. The number of hydrazine groups is 3. The molecule has 11 nitrogen and oxygen atoms in total. The zero-order valence-corrected chi connectivity index (χ0v) is 35.7. The minimum absolute atomic E-state index is 0.0276. The molecule has 1 saturated heterocycles. The third kappa shape index (κ3) is 22.7. The highest BCUT2D eigenvalue weighted by Crippen LogP contribution is 2.23. The number of hydrogen-bond acceptors (Lipinski definition) is 14. The van der Waals surface area contributed by atoms with E-state index in [9.17, 15) is 14.4 Å². The molecular formula is C34H43BrN6O5S6. The lowest BCUT2D eigenvalue weighted by Crippen LogP contribution is -2.52. The molecule has 1 aliphatic rings. The molecule has 1 fully saturated rings. The maximum absolute atomic E-state index is 11.9. The van der Waals surface area contributed by atoms with Crippen LogP contribution in [-0.2, 0) is 23.9 Å². The first-order valence-corrected chi connectivity index (χ1v) is 19.8. The van der Waals surface area contributed by atoms with Crippen LogP contribution in [0.2, 0.25) is 0 Å². The molecule has 282 valence electrons. The van der Waals surface area contributed by atoms with Gasteiger partial charge in [0.15, 0.2) is 8.64 Å². The Labute approximate surface area is 344 Å². The fourth-order valence-electron chi connectivity index (χ4n) is 3.27. The molecule has 0 aliphatic carbocycles. The van der Waals surface area contributed by atoms with E-state index >= 15 is 0 Å². The summed E-state index contributed by atoms with van der Waals surface area (Å²) in [7, 11) is 0. The first-order valence-electron chi connectivity index (χ1n) is 15.5. The van der Waals surface area contributed by atoms with Gasteiger partial charge in [-0.1, -0.05) is 118 Å². The summed E-state index contributed by atoms with van der Waals surface area (Å²) >= 11 is 23.8. The molecule has 1 amide bonds. The van der Waals surface area contributed by atoms with Crippen LogP contribution in [0.5, 0.6) is 0 Å². The third-order valence-corrected chi connectivity index (χ3v) is 8.47. The minimum Gasteiger partial charge on any atom is -0.465 e. The number of nitrogen functional groups attached to an aromatic ring is 1. The predicted molar refractivity (Wildman–Crippen MR) is 236 cm³/mol. The number of nitrogens with zero attached hydrogens (tertiary/aromatic N) is 1. The molecule has 1 heterocycles. The largest absolute Gasteiger partial charge is 0.465 e. The van der Waals surface area contributed by atoms with E-state index in [2.05, 4.69) is 66.8 Å². The number of carbonyl (C=O) groups is 3. The number of rotatable bonds is 9. The lowest BCUT2D eigenvalue weighted by molar-refractivity contribution is -0.142. The van der Waals surface area contributed by atoms with Crippen molar-refractivity contribution in [2.75, 3.05) is 29.1 Å². The van der Waals surface area contributed by atoms with Crippen molar-refractivity contribution in [1.82, 2.24) is 10.9 Å². The quantitative estimate of drug-likeness (QED) is 0.0467. The van der Waals surface area contributed by atoms with Gasteiger partial charge in [0.05, 0.1) is 29.8 Å². The highest BCUT2D eigenvalue weighted by Gasteiger charge is 2.29. The molecule has 0 bridgehead atoms. The van der Waals surface area contributed by atoms with E-state index in [1.54, 1.807) is 27.7 Å². The second-order valence-electron chi connectivity index (χ2n) is 9.55. The topological polar surface area (TPSA) is 147 Å². The second-order valence-corrected chi connectivity index (χ2v) is 15.6. The van der Waals surface area contributed by atoms with Crippen LogP contribution >= 0.6 is 88.3 Å². The number of benzene rings is 3. The average molecular weight is 888 g/mol. The van der Waals surface area contributed by atoms with Crippen LogP contribution < -0.4 is 32.6 Å². The lowest BCUT2D eigenvalue weighted by Gasteiger charge is -2.31. The number of esters is 2. The van der Waals surface area contributed by atoms with Gasteiger partial charge in [-0.2, -0.15) is 0 Å². The molecular weight excluding hydrogens is 845 g/mol. The van der Waals surface area contributed by atoms with Gasteiger partial charge < -0.3 is 14.9 Å². The summed E-state index contributed by atoms with van der Waals surface area (Å²) < 4.78 is 12.6. The maximum atomic E-state index is 11.9. The van der Waals surface area contributed by atoms with Crippen LogP contribution in [0.3, 0.4) is 0 Å². The number of anilines is 3. The molecule has 0 aromatic heterocycles. The summed E-state index contributed by atoms with van der Waals surface area (Å²) in [4.78, 5) is 33.6. The van der Waals surface area contributed by atoms with Crippen LogP contribution in [0.4, 0.5) is 17.1 Å². The van der Waals surface area contributed by atoms with Gasteiger partial charge in [0.1, 0.15) is 10.1 Å². The number of nitrogens with one attached hydrogen (secondary N) is 4. The van der Waals surface area contributed by atoms with Gasteiger partial charge in [-0.15, -0.1) is 0 Å². The smallest absolute Gasteiger partial charge is 0.319 e. The van der Waals surface area contributed by atoms with Crippen molar-refractivity contribution in [3.05, 3.63) is 91.0 Å². The second kappa shape index (κ2) is 30.3. The number of halogens is 1. The fraction of sp³-hybridized carbons (Fsp3) is 0.294. The number of thiocarbonyl (C=S) groups is 4. The van der Waals surface area contributed by atoms with Gasteiger partial charge in [0.25, 0.3) is 5.91 Å². The van der Waals surface area contributed by atoms with Crippen molar-refractivity contribution in [2.45, 2.75) is 49.9 Å². The molecule has 1 aliphatic heterocycles. The van der Waals surface area contributed by atoms with E-state index in [1.165, 1.54) is 28.5 Å². The summed E-state index contributed by atoms with van der Waals surface area (Å²) in [5.74, 6) is 4.67. The Morgan fingerprint density at radius 3 is 1.83 bits per heavy atom. The highest BCUT2D eigenvalue weighted by atomic mass is 79.9. The number of alkyl halides is 1. The predicted octanol–water partition coefficient (Wildman–Crippen LogP) is 7.84. The summed E-state index contributed by atoms with van der Waals surface area (Å²) in [6.45, 7) is 9.75. The molecule has 52 heavy (non-hydrogen) atoms. The summed E-state index contributed by atoms with van der Waals surface area (Å²) in [6, 6.07) is 28.6. The minimum atomic E-state index is -0.317. The third-order valence-electron chi connectivity index (χ3n) is 5.61. The van der Waals surface area contributed by atoms with Crippen LogP contribution in [0.1, 0.15) is 34.6 Å². The molecule has 0 spiro atoms. The van der Waals surface area contributed by atoms with Crippen LogP contribution in [0.25, 0.3) is 0 Å². The fourth-order valence-corrected chi connectivity index (χ4v) is 5.68. The summed E-state index contributed by atoms with van der Waals surface area (Å²) in [5, 5.41) is 1.06. The van der Waals surface area contributed by atoms with Crippen molar-refractivity contribution in [3.63, 3.8) is 0 Å². The molecule has 3 aromatic rings. The van der Waals surface area contributed by atoms with E-state index in [0.29, 0.717) is 21.9 Å². The number of ether oxygens (including phenoxy) is 2. The Morgan fingerprint density at radius 1 is 0.942 bits per heavy atom. The number of nitrogens with two attached hydrogens (primary N) is 1. The first-order chi connectivity index (χ1) is 24.8. The van der Waals surface area contributed by atoms with Gasteiger partial charge in [-0.05, 0) is 95.5 Å². The molecule has 3 unspecified atom stereocenters. The lowest BCUT2D eigenvalue weighted by atomic mass is 10.3. The molecule has 0 radical (unpaired) electrons. The van der Waals surface area contributed by atoms with Gasteiger partial charge in [-0.3, -0.25) is 36.5 Å². The van der Waals surface area contributed by atoms with E-state index in [4.69, 9.17) is 35.0 Å². The summed E-state index contributed by atoms with van der Waals surface area (Å²) in [6.07, 6.45) is 0. The highest BCUT2D eigenvalue weighted by molar-refractivity contribution is 9.10.